The average Bonchev–Trinajstić information content (AvgIpc) is 3.17. The molecule has 0 aliphatic rings. The van der Waals surface area contributed by atoms with Gasteiger partial charge >= 0.3 is 0 Å². The number of fused-ring (bicyclic) bond motifs is 1. The summed E-state index contributed by atoms with van der Waals surface area (Å²) in [6.45, 7) is 12.2. The number of H-pyrrole nitrogens is 1. The molecule has 0 unspecified atom stereocenters. The number of halogens is 1. The van der Waals surface area contributed by atoms with Crippen LogP contribution in [-0.4, -0.2) is 20.6 Å². The van der Waals surface area contributed by atoms with Gasteiger partial charge in [0.2, 0.25) is 0 Å². The van der Waals surface area contributed by atoms with Crippen LogP contribution in [0.2, 0.25) is 0 Å². The van der Waals surface area contributed by atoms with E-state index >= 15 is 0 Å². The van der Waals surface area contributed by atoms with Crippen molar-refractivity contribution in [1.29, 1.82) is 0 Å². The molecule has 0 fully saturated rings. The van der Waals surface area contributed by atoms with E-state index in [0.29, 0.717) is 44.7 Å². The molecule has 0 aliphatic carbocycles. The Morgan fingerprint density at radius 3 is 2.37 bits per heavy atom. The number of hydrogen-bond donors (Lipinski definition) is 2. The van der Waals surface area contributed by atoms with Crippen LogP contribution < -0.4 is 10.3 Å². The summed E-state index contributed by atoms with van der Waals surface area (Å²) in [7, 11) is 0. The third-order valence-corrected chi connectivity index (χ3v) is 5.96. The number of hydrogen-bond acceptors (Lipinski definition) is 4. The molecule has 7 heteroatoms. The minimum atomic E-state index is -1.16. The number of pyridine rings is 1. The van der Waals surface area contributed by atoms with Crippen LogP contribution in [0.15, 0.2) is 60.0 Å². The quantitative estimate of drug-likeness (QED) is 0.352. The largest absolute Gasteiger partial charge is 0.456 e. The number of carbonyl (C=O) groups excluding carboxylic acids is 1. The Morgan fingerprint density at radius 1 is 1.11 bits per heavy atom. The van der Waals surface area contributed by atoms with Crippen molar-refractivity contribution in [2.75, 3.05) is 0 Å². The van der Waals surface area contributed by atoms with E-state index in [1.165, 1.54) is 18.3 Å². The van der Waals surface area contributed by atoms with Gasteiger partial charge < -0.3 is 14.8 Å². The van der Waals surface area contributed by atoms with Crippen LogP contribution >= 0.6 is 0 Å². The first-order valence-electron chi connectivity index (χ1n) is 11.1. The highest BCUT2D eigenvalue weighted by Gasteiger charge is 2.23. The van der Waals surface area contributed by atoms with E-state index in [0.717, 1.165) is 16.3 Å². The fraction of sp³-hybridized carbons (Fsp3) is 0.214. The minimum Gasteiger partial charge on any atom is -0.456 e. The van der Waals surface area contributed by atoms with Gasteiger partial charge in [0.1, 0.15) is 22.8 Å². The standard InChI is InChI=1S/C28H27FN2O4/c1-7-24(32)31-14-22(21-12-17(4)30-25(21)27(31)33)20-13-18(28(5,6)34)8-9-23(20)35-26-15(2)10-19(29)11-16(26)3/h7-14,30,34H,1H2,2-6H3. The first-order chi connectivity index (χ1) is 16.4. The van der Waals surface area contributed by atoms with Crippen LogP contribution in [0.25, 0.3) is 22.0 Å². The number of nitrogens with zero attached hydrogens (tertiary/aromatic N) is 1. The van der Waals surface area contributed by atoms with Crippen LogP contribution in [0, 0.1) is 26.6 Å². The second-order valence-corrected chi connectivity index (χ2v) is 9.24. The molecule has 180 valence electrons. The zero-order chi connectivity index (χ0) is 25.7. The smallest absolute Gasteiger partial charge is 0.281 e. The number of aromatic nitrogens is 2. The highest BCUT2D eigenvalue weighted by Crippen LogP contribution is 2.40. The Labute approximate surface area is 202 Å². The molecule has 35 heavy (non-hydrogen) atoms. The van der Waals surface area contributed by atoms with E-state index in [-0.39, 0.29) is 11.3 Å². The number of carbonyl (C=O) groups is 1. The molecule has 2 N–H and O–H groups in total. The Morgan fingerprint density at radius 2 is 1.77 bits per heavy atom. The van der Waals surface area contributed by atoms with Gasteiger partial charge in [-0.05, 0) is 87.7 Å². The number of allylic oxidation sites excluding steroid dienone is 1. The molecule has 2 aromatic heterocycles. The second-order valence-electron chi connectivity index (χ2n) is 9.24. The summed E-state index contributed by atoms with van der Waals surface area (Å²) in [5, 5.41) is 11.3. The van der Waals surface area contributed by atoms with Crippen molar-refractivity contribution in [3.05, 3.63) is 93.8 Å². The average molecular weight is 475 g/mol. The molecule has 2 aromatic carbocycles. The van der Waals surface area contributed by atoms with E-state index in [1.54, 1.807) is 45.9 Å². The van der Waals surface area contributed by atoms with E-state index in [4.69, 9.17) is 4.74 Å². The highest BCUT2D eigenvalue weighted by atomic mass is 19.1. The van der Waals surface area contributed by atoms with Crippen LogP contribution in [0.1, 0.15) is 41.0 Å². The minimum absolute atomic E-state index is 0.268. The monoisotopic (exact) mass is 474 g/mol. The first kappa shape index (κ1) is 24.2. The molecule has 6 nitrogen and oxygen atoms in total. The van der Waals surface area contributed by atoms with Gasteiger partial charge in [-0.2, -0.15) is 0 Å². The van der Waals surface area contributed by atoms with Gasteiger partial charge in [-0.1, -0.05) is 12.6 Å². The van der Waals surface area contributed by atoms with Gasteiger partial charge in [0.15, 0.2) is 0 Å². The van der Waals surface area contributed by atoms with Crippen LogP contribution in [0.3, 0.4) is 0 Å². The predicted octanol–water partition coefficient (Wildman–Crippen LogP) is 5.91. The lowest BCUT2D eigenvalue weighted by Gasteiger charge is -2.22. The van der Waals surface area contributed by atoms with Crippen LogP contribution in [0.4, 0.5) is 4.39 Å². The number of ether oxygens (including phenoxy) is 1. The zero-order valence-electron chi connectivity index (χ0n) is 20.3. The molecular formula is C28H27FN2O4. The van der Waals surface area contributed by atoms with Gasteiger partial charge in [-0.3, -0.25) is 9.59 Å². The number of aromatic amines is 1. The highest BCUT2D eigenvalue weighted by molar-refractivity contribution is 5.99. The molecule has 4 rings (SSSR count). The lowest BCUT2D eigenvalue weighted by Crippen LogP contribution is -2.25. The predicted molar refractivity (Wildman–Crippen MR) is 135 cm³/mol. The zero-order valence-corrected chi connectivity index (χ0v) is 20.3. The van der Waals surface area contributed by atoms with Crippen molar-refractivity contribution in [2.24, 2.45) is 0 Å². The van der Waals surface area contributed by atoms with Gasteiger partial charge in [0.25, 0.3) is 11.5 Å². The summed E-state index contributed by atoms with van der Waals surface area (Å²) in [6, 6.07) is 9.85. The van der Waals surface area contributed by atoms with Crippen molar-refractivity contribution < 1.29 is 19.0 Å². The van der Waals surface area contributed by atoms with Crippen molar-refractivity contribution in [2.45, 2.75) is 40.2 Å². The summed E-state index contributed by atoms with van der Waals surface area (Å²) in [5.74, 6) is -0.00550. The molecule has 0 amide bonds. The fourth-order valence-electron chi connectivity index (χ4n) is 4.20. The van der Waals surface area contributed by atoms with Gasteiger partial charge in [-0.15, -0.1) is 0 Å². The molecule has 0 saturated carbocycles. The Bertz CT molecular complexity index is 1530. The molecule has 0 radical (unpaired) electrons. The van der Waals surface area contributed by atoms with Crippen molar-refractivity contribution >= 4 is 16.8 Å². The third kappa shape index (κ3) is 4.42. The van der Waals surface area contributed by atoms with Crippen molar-refractivity contribution in [3.8, 4) is 22.6 Å². The Balaban J connectivity index is 2.06. The second kappa shape index (κ2) is 8.67. The first-order valence-corrected chi connectivity index (χ1v) is 11.1. The van der Waals surface area contributed by atoms with Crippen molar-refractivity contribution in [1.82, 2.24) is 9.55 Å². The topological polar surface area (TPSA) is 84.3 Å². The Kier molecular flexibility index (Phi) is 5.99. The summed E-state index contributed by atoms with van der Waals surface area (Å²) in [5.41, 5.74) is 2.32. The number of nitrogens with one attached hydrogen (secondary N) is 1. The molecule has 0 aliphatic heterocycles. The summed E-state index contributed by atoms with van der Waals surface area (Å²) >= 11 is 0. The van der Waals surface area contributed by atoms with Crippen LogP contribution in [-0.2, 0) is 5.60 Å². The molecule has 0 spiro atoms. The summed E-state index contributed by atoms with van der Waals surface area (Å²) < 4.78 is 21.2. The van der Waals surface area contributed by atoms with Gasteiger partial charge in [0.05, 0.1) is 5.60 Å². The van der Waals surface area contributed by atoms with E-state index in [1.807, 2.05) is 13.0 Å². The maximum absolute atomic E-state index is 13.9. The maximum Gasteiger partial charge on any atom is 0.281 e. The van der Waals surface area contributed by atoms with E-state index in [9.17, 15) is 19.1 Å². The lowest BCUT2D eigenvalue weighted by molar-refractivity contribution is 0.0786. The maximum atomic E-state index is 13.9. The summed E-state index contributed by atoms with van der Waals surface area (Å²) in [4.78, 5) is 28.6. The number of aliphatic hydroxyl groups is 1. The fourth-order valence-corrected chi connectivity index (χ4v) is 4.20. The normalized spacial score (nSPS) is 11.6. The molecule has 0 atom stereocenters. The third-order valence-electron chi connectivity index (χ3n) is 5.96. The lowest BCUT2D eigenvalue weighted by atomic mass is 9.93. The number of rotatable bonds is 5. The molecule has 2 heterocycles. The van der Waals surface area contributed by atoms with Gasteiger partial charge in [0, 0.05) is 28.4 Å². The Hall–Kier alpha value is -3.97. The number of benzene rings is 2. The molecular weight excluding hydrogens is 447 g/mol. The SMILES string of the molecule is C=CC(=O)n1cc(-c2cc(C(C)(C)O)ccc2Oc2c(C)cc(F)cc2C)c2cc(C)[nH]c2c1=O. The van der Waals surface area contributed by atoms with E-state index < -0.39 is 17.1 Å². The molecule has 4 aromatic rings. The molecule has 0 bridgehead atoms. The van der Waals surface area contributed by atoms with E-state index in [2.05, 4.69) is 11.6 Å². The number of aryl methyl sites for hydroxylation is 3. The van der Waals surface area contributed by atoms with Crippen LogP contribution in [0.5, 0.6) is 11.5 Å². The van der Waals surface area contributed by atoms with Crippen molar-refractivity contribution in [3.63, 3.8) is 0 Å². The van der Waals surface area contributed by atoms with Gasteiger partial charge in [-0.25, -0.2) is 8.96 Å². The summed E-state index contributed by atoms with van der Waals surface area (Å²) in [6.07, 6.45) is 2.53. The molecule has 0 saturated heterocycles.